The Morgan fingerprint density at radius 2 is 1.87 bits per heavy atom. The normalized spacial score (nSPS) is 17.6. The van der Waals surface area contributed by atoms with E-state index in [2.05, 4.69) is 10.6 Å². The first-order valence-electron chi connectivity index (χ1n) is 7.41. The van der Waals surface area contributed by atoms with E-state index < -0.39 is 23.7 Å². The molecule has 1 heterocycles. The van der Waals surface area contributed by atoms with Crippen LogP contribution >= 0.6 is 0 Å². The van der Waals surface area contributed by atoms with Gasteiger partial charge in [-0.05, 0) is 38.5 Å². The van der Waals surface area contributed by atoms with Gasteiger partial charge in [-0.25, -0.2) is 13.6 Å². The summed E-state index contributed by atoms with van der Waals surface area (Å²) in [6, 6.07) is 2.01. The first kappa shape index (κ1) is 16.9. The average Bonchev–Trinajstić information content (AvgIpc) is 2.50. The molecule has 5 nitrogen and oxygen atoms in total. The van der Waals surface area contributed by atoms with Gasteiger partial charge in [0.25, 0.3) is 5.91 Å². The van der Waals surface area contributed by atoms with Crippen LogP contribution < -0.4 is 10.6 Å². The van der Waals surface area contributed by atoms with Crippen LogP contribution in [0.2, 0.25) is 0 Å². The SMILES string of the molecule is CCN(CC)C(=O)C1=C(C)NC(=O)N[C@@H]1c1ccc(F)c(F)c1. The number of allylic oxidation sites excluding steroid dienone is 1. The van der Waals surface area contributed by atoms with E-state index in [1.54, 1.807) is 11.8 Å². The van der Waals surface area contributed by atoms with Crippen molar-refractivity contribution in [2.45, 2.75) is 26.8 Å². The van der Waals surface area contributed by atoms with Crippen molar-refractivity contribution < 1.29 is 18.4 Å². The molecule has 0 unspecified atom stereocenters. The number of halogens is 2. The van der Waals surface area contributed by atoms with Gasteiger partial charge in [0.2, 0.25) is 0 Å². The number of rotatable bonds is 4. The van der Waals surface area contributed by atoms with Crippen molar-refractivity contribution in [3.8, 4) is 0 Å². The van der Waals surface area contributed by atoms with Crippen LogP contribution in [0.5, 0.6) is 0 Å². The number of carbonyl (C=O) groups is 2. The zero-order valence-electron chi connectivity index (χ0n) is 13.2. The van der Waals surface area contributed by atoms with Gasteiger partial charge >= 0.3 is 6.03 Å². The van der Waals surface area contributed by atoms with E-state index in [0.29, 0.717) is 29.9 Å². The Balaban J connectivity index is 2.49. The maximum Gasteiger partial charge on any atom is 0.319 e. The van der Waals surface area contributed by atoms with E-state index in [9.17, 15) is 18.4 Å². The smallest absolute Gasteiger partial charge is 0.319 e. The van der Waals surface area contributed by atoms with Gasteiger partial charge in [-0.2, -0.15) is 0 Å². The van der Waals surface area contributed by atoms with E-state index >= 15 is 0 Å². The van der Waals surface area contributed by atoms with Crippen molar-refractivity contribution in [1.29, 1.82) is 0 Å². The largest absolute Gasteiger partial charge is 0.339 e. The molecule has 1 atom stereocenters. The lowest BCUT2D eigenvalue weighted by atomic mass is 9.94. The molecule has 124 valence electrons. The summed E-state index contributed by atoms with van der Waals surface area (Å²) >= 11 is 0. The van der Waals surface area contributed by atoms with Gasteiger partial charge in [0.05, 0.1) is 11.6 Å². The molecule has 1 aliphatic heterocycles. The van der Waals surface area contributed by atoms with E-state index in [1.165, 1.54) is 6.07 Å². The third-order valence-corrected chi connectivity index (χ3v) is 3.83. The summed E-state index contributed by atoms with van der Waals surface area (Å²) in [4.78, 5) is 26.1. The van der Waals surface area contributed by atoms with Crippen molar-refractivity contribution in [1.82, 2.24) is 15.5 Å². The Labute approximate surface area is 133 Å². The summed E-state index contributed by atoms with van der Waals surface area (Å²) in [5, 5.41) is 5.15. The Morgan fingerprint density at radius 1 is 1.22 bits per heavy atom. The maximum absolute atomic E-state index is 13.5. The van der Waals surface area contributed by atoms with Crippen LogP contribution in [-0.4, -0.2) is 29.9 Å². The van der Waals surface area contributed by atoms with Gasteiger partial charge in [0.1, 0.15) is 0 Å². The molecule has 7 heteroatoms. The van der Waals surface area contributed by atoms with Crippen molar-refractivity contribution >= 4 is 11.9 Å². The molecule has 0 saturated heterocycles. The van der Waals surface area contributed by atoms with E-state index in [0.717, 1.165) is 12.1 Å². The highest BCUT2D eigenvalue weighted by Crippen LogP contribution is 2.29. The summed E-state index contributed by atoms with van der Waals surface area (Å²) in [6.45, 7) is 6.31. The average molecular weight is 323 g/mol. The minimum Gasteiger partial charge on any atom is -0.339 e. The van der Waals surface area contributed by atoms with E-state index in [4.69, 9.17) is 0 Å². The third kappa shape index (κ3) is 3.33. The first-order valence-corrected chi connectivity index (χ1v) is 7.41. The highest BCUT2D eigenvalue weighted by molar-refractivity contribution is 5.98. The molecule has 1 aromatic rings. The number of likely N-dealkylation sites (N-methyl/N-ethyl adjacent to an activating group) is 1. The summed E-state index contributed by atoms with van der Waals surface area (Å²) in [5.41, 5.74) is 1.04. The molecule has 0 fully saturated rings. The van der Waals surface area contributed by atoms with Gasteiger partial charge in [-0.15, -0.1) is 0 Å². The second-order valence-electron chi connectivity index (χ2n) is 5.22. The van der Waals surface area contributed by atoms with Crippen molar-refractivity contribution in [2.24, 2.45) is 0 Å². The zero-order valence-corrected chi connectivity index (χ0v) is 13.2. The molecular weight excluding hydrogens is 304 g/mol. The van der Waals surface area contributed by atoms with Gasteiger partial charge in [-0.1, -0.05) is 6.07 Å². The molecule has 3 amide bonds. The van der Waals surface area contributed by atoms with Gasteiger partial charge in [0, 0.05) is 18.8 Å². The second-order valence-corrected chi connectivity index (χ2v) is 5.22. The molecule has 0 aliphatic carbocycles. The quantitative estimate of drug-likeness (QED) is 0.894. The monoisotopic (exact) mass is 323 g/mol. The summed E-state index contributed by atoms with van der Waals surface area (Å²) in [6.07, 6.45) is 0. The summed E-state index contributed by atoms with van der Waals surface area (Å²) < 4.78 is 26.7. The number of carbonyl (C=O) groups excluding carboxylic acids is 2. The van der Waals surface area contributed by atoms with Crippen LogP contribution in [0.3, 0.4) is 0 Å². The van der Waals surface area contributed by atoms with Crippen LogP contribution in [0.4, 0.5) is 13.6 Å². The van der Waals surface area contributed by atoms with Gasteiger partial charge in [-0.3, -0.25) is 4.79 Å². The standard InChI is InChI=1S/C16H19F2N3O2/c1-4-21(5-2)15(22)13-9(3)19-16(23)20-14(13)10-6-7-11(17)12(18)8-10/h6-8,14H,4-5H2,1-3H3,(H2,19,20,23)/t14-/m1/s1. The minimum absolute atomic E-state index is 0.255. The third-order valence-electron chi connectivity index (χ3n) is 3.83. The Morgan fingerprint density at radius 3 is 2.43 bits per heavy atom. The van der Waals surface area contributed by atoms with E-state index in [-0.39, 0.29) is 5.91 Å². The number of nitrogens with zero attached hydrogens (tertiary/aromatic N) is 1. The first-order chi connectivity index (χ1) is 10.9. The number of hydrogen-bond acceptors (Lipinski definition) is 2. The fourth-order valence-corrected chi connectivity index (χ4v) is 2.60. The molecule has 23 heavy (non-hydrogen) atoms. The van der Waals surface area contributed by atoms with Crippen LogP contribution in [0, 0.1) is 11.6 Å². The lowest BCUT2D eigenvalue weighted by Crippen LogP contribution is -2.47. The van der Waals surface area contributed by atoms with E-state index in [1.807, 2.05) is 13.8 Å². The molecule has 2 N–H and O–H groups in total. The van der Waals surface area contributed by atoms with Crippen molar-refractivity contribution in [3.05, 3.63) is 46.7 Å². The second kappa shape index (κ2) is 6.76. The molecule has 2 rings (SSSR count). The maximum atomic E-state index is 13.5. The number of benzene rings is 1. The van der Waals surface area contributed by atoms with Crippen LogP contribution in [-0.2, 0) is 4.79 Å². The predicted octanol–water partition coefficient (Wildman–Crippen LogP) is 2.46. The van der Waals surface area contributed by atoms with Crippen LogP contribution in [0.25, 0.3) is 0 Å². The van der Waals surface area contributed by atoms with Crippen molar-refractivity contribution in [3.63, 3.8) is 0 Å². The highest BCUT2D eigenvalue weighted by atomic mass is 19.2. The van der Waals surface area contributed by atoms with Crippen molar-refractivity contribution in [2.75, 3.05) is 13.1 Å². The Bertz CT molecular complexity index is 669. The molecule has 0 saturated carbocycles. The summed E-state index contributed by atoms with van der Waals surface area (Å²) in [7, 11) is 0. The molecule has 0 bridgehead atoms. The number of nitrogens with one attached hydrogen (secondary N) is 2. The molecule has 1 aliphatic rings. The fraction of sp³-hybridized carbons (Fsp3) is 0.375. The predicted molar refractivity (Wildman–Crippen MR) is 81.4 cm³/mol. The molecule has 0 aromatic heterocycles. The van der Waals surface area contributed by atoms with Crippen LogP contribution in [0.1, 0.15) is 32.4 Å². The number of amides is 3. The highest BCUT2D eigenvalue weighted by Gasteiger charge is 2.33. The van der Waals surface area contributed by atoms with Gasteiger partial charge < -0.3 is 15.5 Å². The fourth-order valence-electron chi connectivity index (χ4n) is 2.60. The summed E-state index contributed by atoms with van der Waals surface area (Å²) in [5.74, 6) is -2.26. The lowest BCUT2D eigenvalue weighted by Gasteiger charge is -2.31. The van der Waals surface area contributed by atoms with Crippen LogP contribution in [0.15, 0.2) is 29.5 Å². The molecular formula is C16H19F2N3O2. The molecule has 0 radical (unpaired) electrons. The topological polar surface area (TPSA) is 61.4 Å². The number of hydrogen-bond donors (Lipinski definition) is 2. The molecule has 1 aromatic carbocycles. The van der Waals surface area contributed by atoms with Gasteiger partial charge in [0.15, 0.2) is 11.6 Å². The Kier molecular flexibility index (Phi) is 4.98. The Hall–Kier alpha value is -2.44. The molecule has 0 spiro atoms. The number of urea groups is 1. The zero-order chi connectivity index (χ0) is 17.1. The lowest BCUT2D eigenvalue weighted by molar-refractivity contribution is -0.127. The minimum atomic E-state index is -1.03.